The summed E-state index contributed by atoms with van der Waals surface area (Å²) in [6, 6.07) is 5.91. The van der Waals surface area contributed by atoms with Crippen LogP contribution in [0.25, 0.3) is 0 Å². The molecule has 0 fully saturated rings. The summed E-state index contributed by atoms with van der Waals surface area (Å²) in [4.78, 5) is 12.9. The fourth-order valence-electron chi connectivity index (χ4n) is 1.48. The quantitative estimate of drug-likeness (QED) is 0.605. The highest BCUT2D eigenvalue weighted by molar-refractivity contribution is 7.98. The van der Waals surface area contributed by atoms with Gasteiger partial charge in [0, 0.05) is 4.90 Å². The lowest BCUT2D eigenvalue weighted by molar-refractivity contribution is -0.158. The Bertz CT molecular complexity index is 427. The highest BCUT2D eigenvalue weighted by Crippen LogP contribution is 2.27. The van der Waals surface area contributed by atoms with Crippen molar-refractivity contribution >= 4 is 17.7 Å². The lowest BCUT2D eigenvalue weighted by Gasteiger charge is -2.25. The predicted molar refractivity (Wildman–Crippen MR) is 74.3 cm³/mol. The summed E-state index contributed by atoms with van der Waals surface area (Å²) in [5.74, 6) is 0.365. The molecule has 0 amide bonds. The first-order valence-electron chi connectivity index (χ1n) is 5.91. The van der Waals surface area contributed by atoms with E-state index >= 15 is 0 Å². The number of aryl methyl sites for hydroxylation is 1. The zero-order chi connectivity index (χ0) is 13.8. The molecule has 100 valence electrons. The molecule has 0 bridgehead atoms. The molecule has 0 radical (unpaired) electrons. The number of benzene rings is 1. The molecule has 4 heteroatoms. The summed E-state index contributed by atoms with van der Waals surface area (Å²) in [5, 5.41) is 0. The minimum atomic E-state index is -0.971. The fourth-order valence-corrected chi connectivity index (χ4v) is 1.98. The Kier molecular flexibility index (Phi) is 5.08. The van der Waals surface area contributed by atoms with Crippen LogP contribution in [0.4, 0.5) is 0 Å². The van der Waals surface area contributed by atoms with E-state index in [1.54, 1.807) is 32.5 Å². The van der Waals surface area contributed by atoms with E-state index in [-0.39, 0.29) is 5.97 Å². The van der Waals surface area contributed by atoms with Crippen molar-refractivity contribution in [2.24, 2.45) is 0 Å². The first-order chi connectivity index (χ1) is 8.40. The van der Waals surface area contributed by atoms with Gasteiger partial charge in [0.05, 0.1) is 6.61 Å². The van der Waals surface area contributed by atoms with E-state index in [4.69, 9.17) is 9.47 Å². The van der Waals surface area contributed by atoms with Gasteiger partial charge in [-0.05, 0) is 57.7 Å². The normalized spacial score (nSPS) is 11.2. The van der Waals surface area contributed by atoms with Crippen molar-refractivity contribution in [1.29, 1.82) is 0 Å². The molecule has 1 rings (SSSR count). The lowest BCUT2D eigenvalue weighted by Crippen LogP contribution is -2.39. The number of carbonyl (C=O) groups excluding carboxylic acids is 1. The zero-order valence-corrected chi connectivity index (χ0v) is 12.4. The van der Waals surface area contributed by atoms with Gasteiger partial charge in [-0.2, -0.15) is 0 Å². The second kappa shape index (κ2) is 6.14. The van der Waals surface area contributed by atoms with Gasteiger partial charge in [-0.3, -0.25) is 0 Å². The molecule has 0 N–H and O–H groups in total. The highest BCUT2D eigenvalue weighted by Gasteiger charge is 2.31. The summed E-state index contributed by atoms with van der Waals surface area (Å²) >= 11 is 1.68. The van der Waals surface area contributed by atoms with Crippen LogP contribution in [0.5, 0.6) is 5.75 Å². The fraction of sp³-hybridized carbons (Fsp3) is 0.500. The molecule has 0 unspecified atom stereocenters. The number of hydrogen-bond acceptors (Lipinski definition) is 4. The van der Waals surface area contributed by atoms with Crippen molar-refractivity contribution in [1.82, 2.24) is 0 Å². The molecule has 0 atom stereocenters. The topological polar surface area (TPSA) is 35.5 Å². The van der Waals surface area contributed by atoms with Crippen molar-refractivity contribution in [2.45, 2.75) is 38.2 Å². The molecule has 3 nitrogen and oxygen atoms in total. The summed E-state index contributed by atoms with van der Waals surface area (Å²) in [5.41, 5.74) is 0.0426. The van der Waals surface area contributed by atoms with Crippen LogP contribution in [0, 0.1) is 6.92 Å². The van der Waals surface area contributed by atoms with E-state index < -0.39 is 5.60 Å². The molecule has 0 aliphatic rings. The number of carbonyl (C=O) groups is 1. The first-order valence-corrected chi connectivity index (χ1v) is 7.14. The molecule has 0 spiro atoms. The van der Waals surface area contributed by atoms with Gasteiger partial charge in [0.15, 0.2) is 5.60 Å². The van der Waals surface area contributed by atoms with E-state index in [0.29, 0.717) is 12.4 Å². The van der Waals surface area contributed by atoms with E-state index in [2.05, 4.69) is 0 Å². The third kappa shape index (κ3) is 3.67. The number of thioether (sulfide) groups is 1. The van der Waals surface area contributed by atoms with Crippen LogP contribution in [0.3, 0.4) is 0 Å². The molecule has 18 heavy (non-hydrogen) atoms. The molecule has 0 saturated carbocycles. The van der Waals surface area contributed by atoms with Crippen molar-refractivity contribution < 1.29 is 14.3 Å². The van der Waals surface area contributed by atoms with Gasteiger partial charge in [-0.1, -0.05) is 0 Å². The van der Waals surface area contributed by atoms with Crippen LogP contribution in [0.15, 0.2) is 23.1 Å². The average Bonchev–Trinajstić information content (AvgIpc) is 2.32. The van der Waals surface area contributed by atoms with Crippen LogP contribution in [-0.2, 0) is 9.53 Å². The Morgan fingerprint density at radius 1 is 1.39 bits per heavy atom. The number of rotatable bonds is 5. The van der Waals surface area contributed by atoms with Crippen LogP contribution in [0.1, 0.15) is 26.3 Å². The number of hydrogen-bond donors (Lipinski definition) is 0. The van der Waals surface area contributed by atoms with E-state index in [1.165, 1.54) is 4.90 Å². The van der Waals surface area contributed by atoms with Gasteiger partial charge in [0.1, 0.15) is 5.75 Å². The zero-order valence-electron chi connectivity index (χ0n) is 11.6. The third-order valence-electron chi connectivity index (χ3n) is 2.51. The molecular formula is C14H20O3S. The average molecular weight is 268 g/mol. The Morgan fingerprint density at radius 2 is 2.06 bits per heavy atom. The maximum Gasteiger partial charge on any atom is 0.349 e. The minimum absolute atomic E-state index is 0.349. The summed E-state index contributed by atoms with van der Waals surface area (Å²) in [6.45, 7) is 7.54. The van der Waals surface area contributed by atoms with Crippen LogP contribution < -0.4 is 4.74 Å². The van der Waals surface area contributed by atoms with E-state index in [9.17, 15) is 4.79 Å². The standard InChI is InChI=1S/C14H20O3S/c1-6-16-13(15)14(3,4)17-12-8-7-11(18-5)9-10(12)2/h7-9H,6H2,1-5H3. The predicted octanol–water partition coefficient (Wildman–Crippen LogP) is 3.44. The molecule has 1 aromatic carbocycles. The minimum Gasteiger partial charge on any atom is -0.476 e. The Hall–Kier alpha value is -1.16. The Balaban J connectivity index is 2.87. The second-order valence-corrected chi connectivity index (χ2v) is 5.34. The summed E-state index contributed by atoms with van der Waals surface area (Å²) < 4.78 is 10.8. The maximum atomic E-state index is 11.8. The highest BCUT2D eigenvalue weighted by atomic mass is 32.2. The van der Waals surface area contributed by atoms with Crippen LogP contribution >= 0.6 is 11.8 Å². The van der Waals surface area contributed by atoms with Crippen molar-refractivity contribution in [3.05, 3.63) is 23.8 Å². The molecular weight excluding hydrogens is 248 g/mol. The molecule has 0 heterocycles. The van der Waals surface area contributed by atoms with Gasteiger partial charge in [-0.15, -0.1) is 11.8 Å². The number of ether oxygens (including phenoxy) is 2. The van der Waals surface area contributed by atoms with Gasteiger partial charge in [-0.25, -0.2) is 4.79 Å². The molecule has 0 aliphatic heterocycles. The van der Waals surface area contributed by atoms with Gasteiger partial charge >= 0.3 is 5.97 Å². The van der Waals surface area contributed by atoms with Gasteiger partial charge in [0.2, 0.25) is 0 Å². The Morgan fingerprint density at radius 3 is 2.56 bits per heavy atom. The third-order valence-corrected chi connectivity index (χ3v) is 3.24. The van der Waals surface area contributed by atoms with Crippen LogP contribution in [0.2, 0.25) is 0 Å². The SMILES string of the molecule is CCOC(=O)C(C)(C)Oc1ccc(SC)cc1C. The van der Waals surface area contributed by atoms with Crippen molar-refractivity contribution in [2.75, 3.05) is 12.9 Å². The van der Waals surface area contributed by atoms with Crippen LogP contribution in [-0.4, -0.2) is 24.4 Å². The van der Waals surface area contributed by atoms with E-state index in [1.807, 2.05) is 31.4 Å². The molecule has 0 aliphatic carbocycles. The van der Waals surface area contributed by atoms with Gasteiger partial charge < -0.3 is 9.47 Å². The summed E-state index contributed by atoms with van der Waals surface area (Å²) in [6.07, 6.45) is 2.03. The molecule has 0 saturated heterocycles. The lowest BCUT2D eigenvalue weighted by atomic mass is 10.1. The maximum absolute atomic E-state index is 11.8. The molecule has 0 aromatic heterocycles. The summed E-state index contributed by atoms with van der Waals surface area (Å²) in [7, 11) is 0. The monoisotopic (exact) mass is 268 g/mol. The first kappa shape index (κ1) is 14.9. The van der Waals surface area contributed by atoms with Crippen molar-refractivity contribution in [3.63, 3.8) is 0 Å². The second-order valence-electron chi connectivity index (χ2n) is 4.46. The molecule has 1 aromatic rings. The number of esters is 1. The largest absolute Gasteiger partial charge is 0.476 e. The van der Waals surface area contributed by atoms with E-state index in [0.717, 1.165) is 5.56 Å². The van der Waals surface area contributed by atoms with Gasteiger partial charge in [0.25, 0.3) is 0 Å². The Labute approximate surface area is 113 Å². The smallest absolute Gasteiger partial charge is 0.349 e. The van der Waals surface area contributed by atoms with Crippen molar-refractivity contribution in [3.8, 4) is 5.75 Å².